The van der Waals surface area contributed by atoms with E-state index in [-0.39, 0.29) is 10.9 Å². The highest BCUT2D eigenvalue weighted by atomic mass is 32.2. The first-order valence-corrected chi connectivity index (χ1v) is 7.81. The molecule has 1 aromatic rings. The molecule has 104 valence electrons. The highest BCUT2D eigenvalue weighted by molar-refractivity contribution is 7.89. The fourth-order valence-electron chi connectivity index (χ4n) is 1.93. The van der Waals surface area contributed by atoms with Gasteiger partial charge < -0.3 is 0 Å². The summed E-state index contributed by atoms with van der Waals surface area (Å²) in [6, 6.07) is 6.60. The van der Waals surface area contributed by atoms with Crippen LogP contribution in [0.1, 0.15) is 38.3 Å². The molecule has 0 bridgehead atoms. The lowest BCUT2D eigenvalue weighted by atomic mass is 10.1. The monoisotopic (exact) mass is 280 g/mol. The zero-order chi connectivity index (χ0) is 14.6. The Kier molecular flexibility index (Phi) is 5.10. The molecule has 19 heavy (non-hydrogen) atoms. The summed E-state index contributed by atoms with van der Waals surface area (Å²) in [4.78, 5) is 0.256. The minimum atomic E-state index is -3.49. The Bertz CT molecular complexity index is 586. The Hall–Kier alpha value is -1.38. The first-order valence-electron chi connectivity index (χ1n) is 6.37. The molecule has 0 atom stereocenters. The second-order valence-corrected chi connectivity index (χ2v) is 6.69. The zero-order valence-corrected chi connectivity index (χ0v) is 12.7. The number of hydrogen-bond donors (Lipinski definition) is 0. The van der Waals surface area contributed by atoms with Crippen LogP contribution in [0.25, 0.3) is 0 Å². The summed E-state index contributed by atoms with van der Waals surface area (Å²) in [6.45, 7) is 7.93. The quantitative estimate of drug-likeness (QED) is 0.833. The maximum atomic E-state index is 12.6. The summed E-state index contributed by atoms with van der Waals surface area (Å²) in [6.07, 6.45) is 0.771. The van der Waals surface area contributed by atoms with Gasteiger partial charge in [-0.05, 0) is 51.0 Å². The van der Waals surface area contributed by atoms with Gasteiger partial charge in [0.05, 0.1) is 16.5 Å². The van der Waals surface area contributed by atoms with E-state index in [0.717, 1.165) is 6.42 Å². The topological polar surface area (TPSA) is 61.2 Å². The maximum Gasteiger partial charge on any atom is 0.243 e. The van der Waals surface area contributed by atoms with E-state index in [1.165, 1.54) is 10.4 Å². The van der Waals surface area contributed by atoms with Crippen molar-refractivity contribution in [1.29, 1.82) is 5.26 Å². The molecule has 1 aromatic carbocycles. The highest BCUT2D eigenvalue weighted by Gasteiger charge is 2.26. The molecule has 4 nitrogen and oxygen atoms in total. The number of nitrogens with zero attached hydrogens (tertiary/aromatic N) is 2. The number of sulfonamides is 1. The molecular formula is C14H20N2O2S. The first kappa shape index (κ1) is 15.7. The number of nitriles is 1. The van der Waals surface area contributed by atoms with Crippen LogP contribution in [0.4, 0.5) is 0 Å². The van der Waals surface area contributed by atoms with Crippen LogP contribution in [-0.2, 0) is 10.0 Å². The van der Waals surface area contributed by atoms with E-state index >= 15 is 0 Å². The van der Waals surface area contributed by atoms with Crippen LogP contribution < -0.4 is 0 Å². The molecule has 0 unspecified atom stereocenters. The molecule has 0 saturated carbocycles. The predicted octanol–water partition coefficient (Wildman–Crippen LogP) is 2.68. The van der Waals surface area contributed by atoms with Gasteiger partial charge >= 0.3 is 0 Å². The van der Waals surface area contributed by atoms with Crippen LogP contribution in [0, 0.1) is 18.3 Å². The van der Waals surface area contributed by atoms with Gasteiger partial charge in [0.1, 0.15) is 0 Å². The first-order chi connectivity index (χ1) is 8.84. The van der Waals surface area contributed by atoms with Gasteiger partial charge in [-0.3, -0.25) is 0 Å². The Labute approximate surface area is 115 Å². The van der Waals surface area contributed by atoms with Crippen molar-refractivity contribution in [1.82, 2.24) is 4.31 Å². The lowest BCUT2D eigenvalue weighted by Gasteiger charge is -2.25. The van der Waals surface area contributed by atoms with Crippen molar-refractivity contribution in [3.63, 3.8) is 0 Å². The van der Waals surface area contributed by atoms with Crippen molar-refractivity contribution in [2.75, 3.05) is 6.54 Å². The third-order valence-electron chi connectivity index (χ3n) is 2.94. The van der Waals surface area contributed by atoms with Gasteiger partial charge in [-0.1, -0.05) is 6.92 Å². The molecule has 1 rings (SSSR count). The molecule has 0 aliphatic carbocycles. The fraction of sp³-hybridized carbons (Fsp3) is 0.500. The largest absolute Gasteiger partial charge is 0.243 e. The normalized spacial score (nSPS) is 11.8. The van der Waals surface area contributed by atoms with Crippen LogP contribution in [-0.4, -0.2) is 25.3 Å². The Morgan fingerprint density at radius 1 is 1.37 bits per heavy atom. The van der Waals surface area contributed by atoms with Gasteiger partial charge in [0.15, 0.2) is 0 Å². The summed E-state index contributed by atoms with van der Waals surface area (Å²) in [5.74, 6) is 0. The number of rotatable bonds is 5. The van der Waals surface area contributed by atoms with E-state index in [0.29, 0.717) is 17.7 Å². The lowest BCUT2D eigenvalue weighted by Crippen LogP contribution is -2.37. The molecule has 0 heterocycles. The molecule has 0 fully saturated rings. The highest BCUT2D eigenvalue weighted by Crippen LogP contribution is 2.21. The van der Waals surface area contributed by atoms with Crippen LogP contribution in [0.3, 0.4) is 0 Å². The Balaban J connectivity index is 3.26. The smallest absolute Gasteiger partial charge is 0.207 e. The van der Waals surface area contributed by atoms with Gasteiger partial charge in [0, 0.05) is 12.6 Å². The van der Waals surface area contributed by atoms with E-state index in [9.17, 15) is 8.42 Å². The van der Waals surface area contributed by atoms with Crippen LogP contribution >= 0.6 is 0 Å². The molecule has 0 spiro atoms. The van der Waals surface area contributed by atoms with Gasteiger partial charge in [0.25, 0.3) is 0 Å². The third-order valence-corrected chi connectivity index (χ3v) is 5.02. The van der Waals surface area contributed by atoms with E-state index < -0.39 is 10.0 Å². The predicted molar refractivity (Wildman–Crippen MR) is 75.2 cm³/mol. The number of benzene rings is 1. The van der Waals surface area contributed by atoms with Gasteiger partial charge in [0.2, 0.25) is 10.0 Å². The summed E-state index contributed by atoms with van der Waals surface area (Å²) < 4.78 is 26.6. The molecular weight excluding hydrogens is 260 g/mol. The second-order valence-electron chi connectivity index (χ2n) is 4.80. The molecule has 5 heteroatoms. The molecule has 0 amide bonds. The number of hydrogen-bond acceptors (Lipinski definition) is 3. The molecule has 0 aromatic heterocycles. The second kappa shape index (κ2) is 6.18. The van der Waals surface area contributed by atoms with Crippen molar-refractivity contribution < 1.29 is 8.42 Å². The minimum Gasteiger partial charge on any atom is -0.207 e. The van der Waals surface area contributed by atoms with Crippen LogP contribution in [0.5, 0.6) is 0 Å². The van der Waals surface area contributed by atoms with Crippen molar-refractivity contribution in [2.45, 2.75) is 45.1 Å². The average molecular weight is 280 g/mol. The molecule has 0 aliphatic rings. The maximum absolute atomic E-state index is 12.6. The Morgan fingerprint density at radius 2 is 2.00 bits per heavy atom. The molecule has 0 radical (unpaired) electrons. The Morgan fingerprint density at radius 3 is 2.42 bits per heavy atom. The fourth-order valence-corrected chi connectivity index (χ4v) is 3.75. The van der Waals surface area contributed by atoms with Gasteiger partial charge in [-0.2, -0.15) is 9.57 Å². The molecule has 0 aliphatic heterocycles. The van der Waals surface area contributed by atoms with Gasteiger partial charge in [-0.15, -0.1) is 0 Å². The molecule has 0 saturated heterocycles. The SMILES string of the molecule is CCCN(C(C)C)S(=O)(=O)c1ccc(C#N)c(C)c1. The van der Waals surface area contributed by atoms with Crippen molar-refractivity contribution in [2.24, 2.45) is 0 Å². The van der Waals surface area contributed by atoms with E-state index in [1.807, 2.05) is 26.8 Å². The van der Waals surface area contributed by atoms with E-state index in [2.05, 4.69) is 0 Å². The zero-order valence-electron chi connectivity index (χ0n) is 11.8. The molecule has 0 N–H and O–H groups in total. The van der Waals surface area contributed by atoms with Crippen molar-refractivity contribution in [3.8, 4) is 6.07 Å². The summed E-state index contributed by atoms with van der Waals surface area (Å²) in [7, 11) is -3.49. The lowest BCUT2D eigenvalue weighted by molar-refractivity contribution is 0.354. The van der Waals surface area contributed by atoms with E-state index in [1.54, 1.807) is 19.1 Å². The summed E-state index contributed by atoms with van der Waals surface area (Å²) >= 11 is 0. The van der Waals surface area contributed by atoms with E-state index in [4.69, 9.17) is 5.26 Å². The number of aryl methyl sites for hydroxylation is 1. The van der Waals surface area contributed by atoms with Crippen LogP contribution in [0.15, 0.2) is 23.1 Å². The van der Waals surface area contributed by atoms with Crippen molar-refractivity contribution in [3.05, 3.63) is 29.3 Å². The summed E-state index contributed by atoms with van der Waals surface area (Å²) in [5.41, 5.74) is 1.19. The van der Waals surface area contributed by atoms with Crippen molar-refractivity contribution >= 4 is 10.0 Å². The average Bonchev–Trinajstić information content (AvgIpc) is 2.35. The third kappa shape index (κ3) is 3.34. The van der Waals surface area contributed by atoms with Crippen LogP contribution in [0.2, 0.25) is 0 Å². The standard InChI is InChI=1S/C14H20N2O2S/c1-5-8-16(11(2)3)19(17,18)14-7-6-13(10-15)12(4)9-14/h6-7,9,11H,5,8H2,1-4H3. The van der Waals surface area contributed by atoms with Gasteiger partial charge in [-0.25, -0.2) is 8.42 Å². The minimum absolute atomic E-state index is 0.0825. The summed E-state index contributed by atoms with van der Waals surface area (Å²) in [5, 5.41) is 8.88.